The van der Waals surface area contributed by atoms with Crippen molar-refractivity contribution in [3.63, 3.8) is 0 Å². The average Bonchev–Trinajstić information content (AvgIpc) is 3.15. The maximum Gasteiger partial charge on any atom is 0.257 e. The maximum absolute atomic E-state index is 5.49. The molecule has 0 unspecified atom stereocenters. The van der Waals surface area contributed by atoms with E-state index in [0.29, 0.717) is 17.3 Å². The van der Waals surface area contributed by atoms with Gasteiger partial charge in [-0.1, -0.05) is 37.3 Å². The van der Waals surface area contributed by atoms with Crippen LogP contribution in [0.3, 0.4) is 0 Å². The zero-order valence-corrected chi connectivity index (χ0v) is 18.3. The number of rotatable bonds is 5. The molecule has 1 heterocycles. The Bertz CT molecular complexity index is 875. The summed E-state index contributed by atoms with van der Waals surface area (Å²) in [5.41, 5.74) is 4.25. The summed E-state index contributed by atoms with van der Waals surface area (Å²) in [4.78, 5) is 4.48. The van der Waals surface area contributed by atoms with E-state index in [-0.39, 0.29) is 0 Å². The number of nitrogens with one attached hydrogen (secondary N) is 1. The highest BCUT2D eigenvalue weighted by Gasteiger charge is 2.51. The van der Waals surface area contributed by atoms with Gasteiger partial charge in [0.25, 0.3) is 5.89 Å². The van der Waals surface area contributed by atoms with Gasteiger partial charge in [0.2, 0.25) is 0 Å². The lowest BCUT2D eigenvalue weighted by molar-refractivity contribution is 0.0107. The van der Waals surface area contributed by atoms with E-state index in [0.717, 1.165) is 29.2 Å². The molecule has 4 bridgehead atoms. The quantitative estimate of drug-likeness (QED) is 0.613. The molecule has 5 aliphatic carbocycles. The Morgan fingerprint density at radius 1 is 1.00 bits per heavy atom. The van der Waals surface area contributed by atoms with Crippen molar-refractivity contribution < 1.29 is 4.52 Å². The van der Waals surface area contributed by atoms with Gasteiger partial charge in [-0.2, -0.15) is 4.98 Å². The fourth-order valence-corrected chi connectivity index (χ4v) is 7.68. The van der Waals surface area contributed by atoms with Crippen molar-refractivity contribution in [2.45, 2.75) is 89.5 Å². The molecule has 0 saturated heterocycles. The minimum Gasteiger partial charge on any atom is -0.379 e. The molecule has 0 amide bonds. The predicted octanol–water partition coefficient (Wildman–Crippen LogP) is 6.55. The molecule has 7 rings (SSSR count). The molecule has 160 valence electrons. The summed E-state index contributed by atoms with van der Waals surface area (Å²) >= 11 is 0. The monoisotopic (exact) mass is 405 g/mol. The van der Waals surface area contributed by atoms with Gasteiger partial charge in [0.15, 0.2) is 5.82 Å². The Morgan fingerprint density at radius 2 is 1.70 bits per heavy atom. The maximum atomic E-state index is 5.49. The number of hydrogen-bond donors (Lipinski definition) is 1. The first-order valence-corrected chi connectivity index (χ1v) is 12.4. The van der Waals surface area contributed by atoms with E-state index in [1.165, 1.54) is 88.3 Å². The van der Waals surface area contributed by atoms with E-state index in [2.05, 4.69) is 33.7 Å². The van der Waals surface area contributed by atoms with E-state index >= 15 is 0 Å². The Labute approximate surface area is 180 Å². The van der Waals surface area contributed by atoms with E-state index in [1.54, 1.807) is 0 Å². The van der Waals surface area contributed by atoms with Crippen molar-refractivity contribution in [1.29, 1.82) is 0 Å². The van der Waals surface area contributed by atoms with Crippen LogP contribution in [0.15, 0.2) is 22.7 Å². The summed E-state index contributed by atoms with van der Waals surface area (Å²) in [6.45, 7) is 1.89. The van der Waals surface area contributed by atoms with E-state index in [9.17, 15) is 0 Å². The van der Waals surface area contributed by atoms with Crippen LogP contribution in [0.25, 0.3) is 11.5 Å². The lowest BCUT2D eigenvalue weighted by Gasteiger charge is -2.57. The van der Waals surface area contributed by atoms with Gasteiger partial charge in [-0.15, -0.1) is 0 Å². The Morgan fingerprint density at radius 3 is 2.33 bits per heavy atom. The third-order valence-corrected chi connectivity index (χ3v) is 8.55. The highest BCUT2D eigenvalue weighted by molar-refractivity contribution is 5.64. The second-order valence-corrected chi connectivity index (χ2v) is 11.0. The van der Waals surface area contributed by atoms with Crippen molar-refractivity contribution in [3.8, 4) is 11.5 Å². The highest BCUT2D eigenvalue weighted by atomic mass is 16.5. The zero-order valence-electron chi connectivity index (χ0n) is 18.3. The molecule has 1 aromatic heterocycles. The SMILES string of the molecule is Cc1noc(-c2ccc(NC34CC5CC(CC(C5)C3)C4)c(CC3CCCCC3)c2)n1. The van der Waals surface area contributed by atoms with Crippen LogP contribution in [0.1, 0.15) is 82.0 Å². The molecule has 2 aromatic rings. The smallest absolute Gasteiger partial charge is 0.257 e. The minimum absolute atomic E-state index is 0.346. The molecule has 30 heavy (non-hydrogen) atoms. The Hall–Kier alpha value is -1.84. The van der Waals surface area contributed by atoms with Crippen LogP contribution in [0.4, 0.5) is 5.69 Å². The first-order chi connectivity index (χ1) is 14.6. The summed E-state index contributed by atoms with van der Waals surface area (Å²) in [6.07, 6.45) is 16.7. The molecule has 4 nitrogen and oxygen atoms in total. The molecule has 0 spiro atoms. The van der Waals surface area contributed by atoms with E-state index in [4.69, 9.17) is 4.52 Å². The Balaban J connectivity index is 1.31. The second kappa shape index (κ2) is 7.39. The number of aromatic nitrogens is 2. The van der Waals surface area contributed by atoms with Gasteiger partial charge >= 0.3 is 0 Å². The van der Waals surface area contributed by atoms with E-state index in [1.807, 2.05) is 6.92 Å². The topological polar surface area (TPSA) is 51.0 Å². The van der Waals surface area contributed by atoms with Gasteiger partial charge in [-0.3, -0.25) is 0 Å². The van der Waals surface area contributed by atoms with Crippen LogP contribution in [0.2, 0.25) is 0 Å². The standard InChI is InChI=1S/C26H35N3O/c1-17-27-25(30-29-17)22-7-8-24(23(13-22)12-18-5-3-2-4-6-18)28-26-14-19-9-20(15-26)11-21(10-19)16-26/h7-8,13,18-21,28H,2-6,9-12,14-16H2,1H3. The lowest BCUT2D eigenvalue weighted by Crippen LogP contribution is -2.54. The van der Waals surface area contributed by atoms with Crippen molar-refractivity contribution in [3.05, 3.63) is 29.6 Å². The van der Waals surface area contributed by atoms with Crippen molar-refractivity contribution >= 4 is 5.69 Å². The van der Waals surface area contributed by atoms with Crippen LogP contribution in [-0.2, 0) is 6.42 Å². The van der Waals surface area contributed by atoms with Crippen molar-refractivity contribution in [2.75, 3.05) is 5.32 Å². The molecule has 0 aliphatic heterocycles. The lowest BCUT2D eigenvalue weighted by atomic mass is 9.53. The molecule has 1 N–H and O–H groups in total. The zero-order chi connectivity index (χ0) is 20.1. The number of aryl methyl sites for hydroxylation is 1. The van der Waals surface area contributed by atoms with Gasteiger partial charge in [-0.05, 0) is 99.3 Å². The molecule has 5 fully saturated rings. The molecular weight excluding hydrogens is 370 g/mol. The molecule has 4 heteroatoms. The Kier molecular flexibility index (Phi) is 4.65. The number of nitrogens with zero attached hydrogens (tertiary/aromatic N) is 2. The van der Waals surface area contributed by atoms with Crippen molar-refractivity contribution in [2.24, 2.45) is 23.7 Å². The van der Waals surface area contributed by atoms with Crippen LogP contribution >= 0.6 is 0 Å². The highest BCUT2D eigenvalue weighted by Crippen LogP contribution is 2.56. The van der Waals surface area contributed by atoms with Crippen LogP contribution < -0.4 is 5.32 Å². The van der Waals surface area contributed by atoms with Gasteiger partial charge in [0.05, 0.1) is 0 Å². The average molecular weight is 406 g/mol. The van der Waals surface area contributed by atoms with Gasteiger partial charge < -0.3 is 9.84 Å². The second-order valence-electron chi connectivity index (χ2n) is 11.0. The van der Waals surface area contributed by atoms with Crippen LogP contribution in [0.5, 0.6) is 0 Å². The predicted molar refractivity (Wildman–Crippen MR) is 119 cm³/mol. The summed E-state index contributed by atoms with van der Waals surface area (Å²) < 4.78 is 5.49. The summed E-state index contributed by atoms with van der Waals surface area (Å²) in [6, 6.07) is 6.83. The molecule has 1 aromatic carbocycles. The van der Waals surface area contributed by atoms with Crippen LogP contribution in [0, 0.1) is 30.6 Å². The minimum atomic E-state index is 0.346. The van der Waals surface area contributed by atoms with Gasteiger partial charge in [0.1, 0.15) is 0 Å². The van der Waals surface area contributed by atoms with Gasteiger partial charge in [-0.25, -0.2) is 0 Å². The van der Waals surface area contributed by atoms with Crippen molar-refractivity contribution in [1.82, 2.24) is 10.1 Å². The molecular formula is C26H35N3O. The third kappa shape index (κ3) is 3.56. The van der Waals surface area contributed by atoms with E-state index < -0.39 is 0 Å². The van der Waals surface area contributed by atoms with Gasteiger partial charge in [0, 0.05) is 16.8 Å². The third-order valence-electron chi connectivity index (χ3n) is 8.55. The summed E-state index contributed by atoms with van der Waals surface area (Å²) in [5.74, 6) is 5.06. The molecule has 0 radical (unpaired) electrons. The number of anilines is 1. The van der Waals surface area contributed by atoms with Crippen LogP contribution in [-0.4, -0.2) is 15.7 Å². The fourth-order valence-electron chi connectivity index (χ4n) is 7.68. The first kappa shape index (κ1) is 18.9. The summed E-state index contributed by atoms with van der Waals surface area (Å²) in [5, 5.41) is 8.17. The molecule has 5 saturated carbocycles. The molecule has 5 aliphatic rings. The number of hydrogen-bond acceptors (Lipinski definition) is 4. The largest absolute Gasteiger partial charge is 0.379 e. The molecule has 0 atom stereocenters. The fraction of sp³-hybridized carbons (Fsp3) is 0.692. The normalized spacial score (nSPS) is 33.2. The summed E-state index contributed by atoms with van der Waals surface area (Å²) in [7, 11) is 0. The number of benzene rings is 1. The first-order valence-electron chi connectivity index (χ1n) is 12.4.